The molecule has 0 N–H and O–H groups in total. The van der Waals surface area contributed by atoms with E-state index in [2.05, 4.69) is 23.8 Å². The van der Waals surface area contributed by atoms with Gasteiger partial charge in [-0.05, 0) is 11.8 Å². The van der Waals surface area contributed by atoms with Gasteiger partial charge >= 0.3 is 0 Å². The average Bonchev–Trinajstić information content (AvgIpc) is 2.86. The molecule has 1 saturated carbocycles. The van der Waals surface area contributed by atoms with Gasteiger partial charge in [0.25, 0.3) is 0 Å². The third kappa shape index (κ3) is 3.45. The Morgan fingerprint density at radius 1 is 1.19 bits per heavy atom. The Bertz CT molecular complexity index is 686. The summed E-state index contributed by atoms with van der Waals surface area (Å²) in [5.74, 6) is 0.282. The number of hydrogen-bond acceptors (Lipinski definition) is 4. The van der Waals surface area contributed by atoms with Crippen molar-refractivity contribution in [1.29, 1.82) is 0 Å². The van der Waals surface area contributed by atoms with E-state index < -0.39 is 0 Å². The average molecular weight is 298 g/mol. The maximum absolute atomic E-state index is 11.8. The van der Waals surface area contributed by atoms with Crippen molar-refractivity contribution >= 4 is 28.0 Å². The molecule has 0 amide bonds. The van der Waals surface area contributed by atoms with Gasteiger partial charge in [-0.3, -0.25) is 4.79 Å². The summed E-state index contributed by atoms with van der Waals surface area (Å²) >= 11 is 1.53. The third-order valence-corrected chi connectivity index (χ3v) is 4.31. The molecule has 0 saturated heterocycles. The van der Waals surface area contributed by atoms with Crippen LogP contribution < -0.4 is 0 Å². The second kappa shape index (κ2) is 5.53. The molecule has 0 unspecified atom stereocenters. The fraction of sp³-hybridized carbons (Fsp3) is 0.353. The number of aromatic nitrogens is 1. The van der Waals surface area contributed by atoms with Gasteiger partial charge in [0.1, 0.15) is 5.78 Å². The van der Waals surface area contributed by atoms with Crippen molar-refractivity contribution in [3.63, 3.8) is 0 Å². The second-order valence-electron chi connectivity index (χ2n) is 6.29. The Balaban J connectivity index is 1.84. The molecule has 2 aromatic rings. The van der Waals surface area contributed by atoms with E-state index in [0.717, 1.165) is 28.5 Å². The first-order valence-corrected chi connectivity index (χ1v) is 7.99. The lowest BCUT2D eigenvalue weighted by Crippen LogP contribution is -2.28. The van der Waals surface area contributed by atoms with Crippen molar-refractivity contribution in [2.45, 2.75) is 33.1 Å². The van der Waals surface area contributed by atoms with Crippen LogP contribution >= 0.6 is 11.3 Å². The maximum atomic E-state index is 11.8. The molecule has 0 radical (unpaired) electrons. The summed E-state index contributed by atoms with van der Waals surface area (Å²) in [5.41, 5.74) is 3.03. The van der Waals surface area contributed by atoms with E-state index in [1.165, 1.54) is 11.3 Å². The highest BCUT2D eigenvalue weighted by atomic mass is 32.1. The van der Waals surface area contributed by atoms with Crippen molar-refractivity contribution in [2.24, 2.45) is 10.4 Å². The summed E-state index contributed by atoms with van der Waals surface area (Å²) in [7, 11) is 0. The molecule has 108 valence electrons. The standard InChI is InChI=1S/C17H18N2OS/c1-17(2)9-13(8-14(20)10-17)18-16-19-15(11-21-16)12-6-4-3-5-7-12/h3-7,11H,8-10H2,1-2H3. The van der Waals surface area contributed by atoms with Crippen LogP contribution in [0, 0.1) is 5.41 Å². The molecule has 1 aliphatic carbocycles. The molecule has 0 spiro atoms. The number of benzene rings is 1. The summed E-state index contributed by atoms with van der Waals surface area (Å²) in [5, 5.41) is 2.76. The Morgan fingerprint density at radius 2 is 1.95 bits per heavy atom. The van der Waals surface area contributed by atoms with E-state index in [1.54, 1.807) is 0 Å². The van der Waals surface area contributed by atoms with Gasteiger partial charge in [0.05, 0.1) is 5.69 Å². The molecule has 21 heavy (non-hydrogen) atoms. The first kappa shape index (κ1) is 14.1. The first-order valence-electron chi connectivity index (χ1n) is 7.11. The first-order chi connectivity index (χ1) is 10.0. The predicted octanol–water partition coefficient (Wildman–Crippen LogP) is 4.66. The molecule has 1 aromatic carbocycles. The van der Waals surface area contributed by atoms with Gasteiger partial charge in [0.15, 0.2) is 0 Å². The smallest absolute Gasteiger partial charge is 0.209 e. The van der Waals surface area contributed by atoms with Gasteiger partial charge < -0.3 is 0 Å². The van der Waals surface area contributed by atoms with E-state index in [0.29, 0.717) is 12.8 Å². The third-order valence-electron chi connectivity index (χ3n) is 3.57. The minimum Gasteiger partial charge on any atom is -0.299 e. The number of Topliss-reactive ketones (excluding diaryl/α,β-unsaturated/α-hetero) is 1. The van der Waals surface area contributed by atoms with Crippen LogP contribution in [0.3, 0.4) is 0 Å². The number of nitrogens with zero attached hydrogens (tertiary/aromatic N) is 2. The van der Waals surface area contributed by atoms with Crippen LogP contribution in [0.25, 0.3) is 11.3 Å². The minimum absolute atomic E-state index is 0.0215. The van der Waals surface area contributed by atoms with Gasteiger partial charge in [-0.15, -0.1) is 11.3 Å². The van der Waals surface area contributed by atoms with Crippen LogP contribution in [0.5, 0.6) is 0 Å². The largest absolute Gasteiger partial charge is 0.299 e. The van der Waals surface area contributed by atoms with E-state index in [4.69, 9.17) is 0 Å². The zero-order valence-electron chi connectivity index (χ0n) is 12.3. The number of thiazole rings is 1. The van der Waals surface area contributed by atoms with Crippen LogP contribution in [0.4, 0.5) is 5.13 Å². The van der Waals surface area contributed by atoms with Crippen molar-refractivity contribution in [3.05, 3.63) is 35.7 Å². The molecule has 0 bridgehead atoms. The number of hydrogen-bond donors (Lipinski definition) is 0. The van der Waals surface area contributed by atoms with Crippen LogP contribution in [-0.2, 0) is 4.79 Å². The minimum atomic E-state index is 0.0215. The number of ketones is 1. The number of carbonyl (C=O) groups is 1. The Morgan fingerprint density at radius 3 is 2.67 bits per heavy atom. The Kier molecular flexibility index (Phi) is 3.72. The summed E-state index contributed by atoms with van der Waals surface area (Å²) in [6, 6.07) is 10.1. The molecule has 1 heterocycles. The number of carbonyl (C=O) groups excluding carboxylic acids is 1. The second-order valence-corrected chi connectivity index (χ2v) is 7.13. The zero-order chi connectivity index (χ0) is 14.9. The van der Waals surface area contributed by atoms with Gasteiger partial charge in [-0.2, -0.15) is 0 Å². The quantitative estimate of drug-likeness (QED) is 0.809. The molecule has 0 aliphatic heterocycles. The fourth-order valence-electron chi connectivity index (χ4n) is 2.77. The maximum Gasteiger partial charge on any atom is 0.209 e. The topological polar surface area (TPSA) is 42.3 Å². The normalized spacial score (nSPS) is 19.9. The van der Waals surface area contributed by atoms with Crippen LogP contribution in [0.1, 0.15) is 33.1 Å². The Labute approximate surface area is 128 Å². The summed E-state index contributed by atoms with van der Waals surface area (Å²) < 4.78 is 0. The molecule has 1 aromatic heterocycles. The molecule has 1 fully saturated rings. The Hall–Kier alpha value is -1.81. The van der Waals surface area contributed by atoms with E-state index in [9.17, 15) is 4.79 Å². The van der Waals surface area contributed by atoms with Gasteiger partial charge in [-0.25, -0.2) is 9.98 Å². The molecule has 4 heteroatoms. The summed E-state index contributed by atoms with van der Waals surface area (Å²) in [4.78, 5) is 21.0. The molecule has 0 atom stereocenters. The van der Waals surface area contributed by atoms with E-state index in [-0.39, 0.29) is 11.2 Å². The molecule has 3 rings (SSSR count). The van der Waals surface area contributed by atoms with Crippen molar-refractivity contribution in [1.82, 2.24) is 4.98 Å². The van der Waals surface area contributed by atoms with Gasteiger partial charge in [0.2, 0.25) is 5.13 Å². The van der Waals surface area contributed by atoms with Crippen molar-refractivity contribution in [3.8, 4) is 11.3 Å². The number of rotatable bonds is 2. The van der Waals surface area contributed by atoms with Crippen molar-refractivity contribution < 1.29 is 4.79 Å². The van der Waals surface area contributed by atoms with Gasteiger partial charge in [-0.1, -0.05) is 44.2 Å². The van der Waals surface area contributed by atoms with Crippen LogP contribution in [0.15, 0.2) is 40.7 Å². The molecular weight excluding hydrogens is 280 g/mol. The van der Waals surface area contributed by atoms with Crippen LogP contribution in [-0.4, -0.2) is 16.5 Å². The summed E-state index contributed by atoms with van der Waals surface area (Å²) in [6.45, 7) is 4.24. The molecule has 3 nitrogen and oxygen atoms in total. The molecular formula is C17H18N2OS. The highest BCUT2D eigenvalue weighted by Crippen LogP contribution is 2.34. The highest BCUT2D eigenvalue weighted by Gasteiger charge is 2.30. The lowest BCUT2D eigenvalue weighted by Gasteiger charge is -2.29. The fourth-order valence-corrected chi connectivity index (χ4v) is 3.51. The highest BCUT2D eigenvalue weighted by molar-refractivity contribution is 7.13. The lowest BCUT2D eigenvalue weighted by molar-refractivity contribution is -0.120. The number of aliphatic imine (C=N–C) groups is 1. The monoisotopic (exact) mass is 298 g/mol. The van der Waals surface area contributed by atoms with E-state index >= 15 is 0 Å². The SMILES string of the molecule is CC1(C)CC(=O)CC(=Nc2nc(-c3ccccc3)cs2)C1. The lowest BCUT2D eigenvalue weighted by atomic mass is 9.76. The zero-order valence-corrected chi connectivity index (χ0v) is 13.1. The predicted molar refractivity (Wildman–Crippen MR) is 87.3 cm³/mol. The molecule has 1 aliphatic rings. The summed E-state index contributed by atoms with van der Waals surface area (Å²) in [6.07, 6.45) is 2.00. The van der Waals surface area contributed by atoms with Crippen molar-refractivity contribution in [2.75, 3.05) is 0 Å². The van der Waals surface area contributed by atoms with Gasteiger partial charge in [0, 0.05) is 29.5 Å². The van der Waals surface area contributed by atoms with E-state index in [1.807, 2.05) is 35.7 Å². The van der Waals surface area contributed by atoms with Crippen LogP contribution in [0.2, 0.25) is 0 Å².